The van der Waals surface area contributed by atoms with Crippen LogP contribution in [0.3, 0.4) is 0 Å². The van der Waals surface area contributed by atoms with Crippen molar-refractivity contribution in [3.8, 4) is 0 Å². The summed E-state index contributed by atoms with van der Waals surface area (Å²) < 4.78 is 5.22. The highest BCUT2D eigenvalue weighted by Crippen LogP contribution is 2.26. The van der Waals surface area contributed by atoms with Crippen LogP contribution >= 0.6 is 11.3 Å². The van der Waals surface area contributed by atoms with E-state index in [1.807, 2.05) is 5.38 Å². The average Bonchev–Trinajstić information content (AvgIpc) is 3.12. The van der Waals surface area contributed by atoms with E-state index in [4.69, 9.17) is 4.52 Å². The standard InChI is InChI=1S/C16H14N2OS/c1-11-3-4-13(7-12(11)2)8-15(14-5-6-20-9-14)16-17-10-18-19-16/h3-10H,1-2H3/b15-8+. The van der Waals surface area contributed by atoms with Crippen LogP contribution in [0.15, 0.2) is 45.9 Å². The maximum Gasteiger partial charge on any atom is 0.258 e. The van der Waals surface area contributed by atoms with Gasteiger partial charge in [-0.3, -0.25) is 0 Å². The molecule has 0 bridgehead atoms. The normalized spacial score (nSPS) is 11.8. The molecule has 0 aliphatic carbocycles. The molecule has 0 fully saturated rings. The Bertz CT molecular complexity index is 692. The Balaban J connectivity index is 2.09. The second kappa shape index (κ2) is 5.43. The smallest absolute Gasteiger partial charge is 0.258 e. The van der Waals surface area contributed by atoms with Crippen LogP contribution in [0, 0.1) is 13.8 Å². The molecule has 2 aromatic heterocycles. The number of aromatic nitrogens is 2. The van der Waals surface area contributed by atoms with Crippen LogP contribution < -0.4 is 0 Å². The van der Waals surface area contributed by atoms with Crippen LogP contribution in [-0.4, -0.2) is 10.1 Å². The highest BCUT2D eigenvalue weighted by molar-refractivity contribution is 7.08. The summed E-state index contributed by atoms with van der Waals surface area (Å²) >= 11 is 1.65. The van der Waals surface area contributed by atoms with E-state index in [-0.39, 0.29) is 0 Å². The minimum Gasteiger partial charge on any atom is -0.334 e. The second-order valence-electron chi connectivity index (χ2n) is 4.66. The highest BCUT2D eigenvalue weighted by atomic mass is 32.1. The van der Waals surface area contributed by atoms with Crippen molar-refractivity contribution in [1.82, 2.24) is 10.1 Å². The predicted octanol–water partition coefficient (Wildman–Crippen LogP) is 4.34. The Hall–Kier alpha value is -2.20. The number of benzene rings is 1. The minimum absolute atomic E-state index is 0.543. The lowest BCUT2D eigenvalue weighted by molar-refractivity contribution is 0.407. The zero-order chi connectivity index (χ0) is 13.9. The van der Waals surface area contributed by atoms with Crippen LogP contribution in [0.2, 0.25) is 0 Å². The van der Waals surface area contributed by atoms with Gasteiger partial charge in [0.25, 0.3) is 5.89 Å². The van der Waals surface area contributed by atoms with Crippen molar-refractivity contribution in [2.75, 3.05) is 0 Å². The molecule has 20 heavy (non-hydrogen) atoms. The summed E-state index contributed by atoms with van der Waals surface area (Å²) in [5.74, 6) is 0.543. The number of hydrogen-bond acceptors (Lipinski definition) is 4. The van der Waals surface area contributed by atoms with Crippen LogP contribution in [-0.2, 0) is 0 Å². The molecule has 0 amide bonds. The van der Waals surface area contributed by atoms with Crippen LogP contribution in [0.4, 0.5) is 0 Å². The van der Waals surface area contributed by atoms with E-state index in [0.29, 0.717) is 5.89 Å². The molecule has 4 heteroatoms. The van der Waals surface area contributed by atoms with Gasteiger partial charge in [-0.2, -0.15) is 16.3 Å². The molecule has 0 aliphatic heterocycles. The molecule has 0 spiro atoms. The molecule has 3 nitrogen and oxygen atoms in total. The first-order valence-corrected chi connectivity index (χ1v) is 7.27. The van der Waals surface area contributed by atoms with Gasteiger partial charge in [0.15, 0.2) is 6.33 Å². The molecule has 1 aromatic carbocycles. The zero-order valence-electron chi connectivity index (χ0n) is 11.3. The van der Waals surface area contributed by atoms with E-state index >= 15 is 0 Å². The maximum absolute atomic E-state index is 5.22. The van der Waals surface area contributed by atoms with Crippen molar-refractivity contribution in [3.05, 3.63) is 69.5 Å². The van der Waals surface area contributed by atoms with E-state index in [2.05, 4.69) is 59.7 Å². The molecule has 0 N–H and O–H groups in total. The first kappa shape index (κ1) is 12.8. The molecule has 100 valence electrons. The topological polar surface area (TPSA) is 38.9 Å². The van der Waals surface area contributed by atoms with E-state index < -0.39 is 0 Å². The van der Waals surface area contributed by atoms with Crippen LogP contribution in [0.5, 0.6) is 0 Å². The quantitative estimate of drug-likeness (QED) is 0.717. The molecule has 3 rings (SSSR count). The SMILES string of the molecule is Cc1ccc(/C=C(\c2ccsc2)c2ncno2)cc1C. The number of nitrogens with zero attached hydrogens (tertiary/aromatic N) is 2. The predicted molar refractivity (Wildman–Crippen MR) is 81.5 cm³/mol. The third-order valence-electron chi connectivity index (χ3n) is 3.27. The molecule has 0 radical (unpaired) electrons. The largest absolute Gasteiger partial charge is 0.334 e. The Morgan fingerprint density at radius 2 is 2.10 bits per heavy atom. The van der Waals surface area contributed by atoms with Gasteiger partial charge in [0, 0.05) is 5.57 Å². The van der Waals surface area contributed by atoms with Crippen molar-refractivity contribution in [3.63, 3.8) is 0 Å². The maximum atomic E-state index is 5.22. The van der Waals surface area contributed by atoms with Crippen molar-refractivity contribution in [1.29, 1.82) is 0 Å². The van der Waals surface area contributed by atoms with Gasteiger partial charge in [0.2, 0.25) is 0 Å². The zero-order valence-corrected chi connectivity index (χ0v) is 12.1. The Kier molecular flexibility index (Phi) is 3.48. The van der Waals surface area contributed by atoms with Crippen molar-refractivity contribution >= 4 is 23.0 Å². The monoisotopic (exact) mass is 282 g/mol. The Morgan fingerprint density at radius 3 is 2.75 bits per heavy atom. The number of aryl methyl sites for hydroxylation is 2. The molecular weight excluding hydrogens is 268 g/mol. The van der Waals surface area contributed by atoms with Gasteiger partial charge >= 0.3 is 0 Å². The van der Waals surface area contributed by atoms with E-state index in [1.165, 1.54) is 17.5 Å². The number of thiophene rings is 1. The Labute approximate surface area is 121 Å². The lowest BCUT2D eigenvalue weighted by atomic mass is 10.0. The summed E-state index contributed by atoms with van der Waals surface area (Å²) in [6.07, 6.45) is 3.51. The van der Waals surface area contributed by atoms with E-state index in [9.17, 15) is 0 Å². The van der Waals surface area contributed by atoms with Crippen LogP contribution in [0.1, 0.15) is 28.1 Å². The molecule has 0 unspecified atom stereocenters. The number of hydrogen-bond donors (Lipinski definition) is 0. The molecule has 3 aromatic rings. The van der Waals surface area contributed by atoms with Gasteiger partial charge in [-0.25, -0.2) is 0 Å². The fourth-order valence-corrected chi connectivity index (χ4v) is 2.66. The van der Waals surface area contributed by atoms with E-state index in [1.54, 1.807) is 11.3 Å². The molecule has 0 saturated heterocycles. The average molecular weight is 282 g/mol. The third kappa shape index (κ3) is 2.56. The second-order valence-corrected chi connectivity index (χ2v) is 5.44. The fraction of sp³-hybridized carbons (Fsp3) is 0.125. The van der Waals surface area contributed by atoms with Crippen molar-refractivity contribution < 1.29 is 4.52 Å². The highest BCUT2D eigenvalue weighted by Gasteiger charge is 2.11. The molecule has 2 heterocycles. The summed E-state index contributed by atoms with van der Waals surface area (Å²) in [6, 6.07) is 8.45. The molecule has 0 saturated carbocycles. The van der Waals surface area contributed by atoms with Gasteiger partial charge in [-0.1, -0.05) is 23.4 Å². The number of rotatable bonds is 3. The van der Waals surface area contributed by atoms with Gasteiger partial charge in [-0.15, -0.1) is 0 Å². The minimum atomic E-state index is 0.543. The molecular formula is C16H14N2OS. The van der Waals surface area contributed by atoms with Gasteiger partial charge in [0.05, 0.1) is 0 Å². The first-order chi connectivity index (χ1) is 9.74. The summed E-state index contributed by atoms with van der Waals surface area (Å²) in [5, 5.41) is 7.82. The Morgan fingerprint density at radius 1 is 1.20 bits per heavy atom. The summed E-state index contributed by atoms with van der Waals surface area (Å²) in [6.45, 7) is 4.23. The molecule has 0 atom stereocenters. The summed E-state index contributed by atoms with van der Waals surface area (Å²) in [7, 11) is 0. The van der Waals surface area contributed by atoms with Gasteiger partial charge < -0.3 is 4.52 Å². The summed E-state index contributed by atoms with van der Waals surface area (Å²) in [4.78, 5) is 4.17. The van der Waals surface area contributed by atoms with Gasteiger partial charge in [0.1, 0.15) is 0 Å². The fourth-order valence-electron chi connectivity index (χ4n) is 2.00. The first-order valence-electron chi connectivity index (χ1n) is 6.32. The summed E-state index contributed by atoms with van der Waals surface area (Å²) in [5.41, 5.74) is 5.74. The van der Waals surface area contributed by atoms with E-state index in [0.717, 1.165) is 16.7 Å². The lowest BCUT2D eigenvalue weighted by Crippen LogP contribution is -1.88. The van der Waals surface area contributed by atoms with Crippen LogP contribution in [0.25, 0.3) is 11.6 Å². The van der Waals surface area contributed by atoms with Gasteiger partial charge in [-0.05, 0) is 59.0 Å². The lowest BCUT2D eigenvalue weighted by Gasteiger charge is -2.04. The van der Waals surface area contributed by atoms with Crippen molar-refractivity contribution in [2.24, 2.45) is 0 Å². The third-order valence-corrected chi connectivity index (χ3v) is 3.95. The van der Waals surface area contributed by atoms with Crippen molar-refractivity contribution in [2.45, 2.75) is 13.8 Å². The molecule has 0 aliphatic rings.